The van der Waals surface area contributed by atoms with E-state index in [2.05, 4.69) is 68.6 Å². The number of nitrogens with one attached hydrogen (secondary N) is 1. The van der Waals surface area contributed by atoms with E-state index in [1.54, 1.807) is 7.11 Å². The lowest BCUT2D eigenvalue weighted by atomic mass is 9.78. The van der Waals surface area contributed by atoms with Crippen LogP contribution in [0.2, 0.25) is 0 Å². The Kier molecular flexibility index (Phi) is 11.5. The van der Waals surface area contributed by atoms with E-state index >= 15 is 0 Å². The van der Waals surface area contributed by atoms with Gasteiger partial charge in [0.2, 0.25) is 5.91 Å². The Morgan fingerprint density at radius 3 is 2.32 bits per heavy atom. The first-order valence-electron chi connectivity index (χ1n) is 19.0. The van der Waals surface area contributed by atoms with Gasteiger partial charge in [-0.15, -0.1) is 0 Å². The summed E-state index contributed by atoms with van der Waals surface area (Å²) in [4.78, 5) is 33.9. The van der Waals surface area contributed by atoms with E-state index in [0.29, 0.717) is 49.9 Å². The zero-order valence-corrected chi connectivity index (χ0v) is 30.8. The van der Waals surface area contributed by atoms with Crippen LogP contribution >= 0.6 is 0 Å². The maximum Gasteiger partial charge on any atom is 0.407 e. The third kappa shape index (κ3) is 8.88. The third-order valence-corrected chi connectivity index (χ3v) is 11.3. The second-order valence-electron chi connectivity index (χ2n) is 16.0. The van der Waals surface area contributed by atoms with E-state index in [-0.39, 0.29) is 35.6 Å². The van der Waals surface area contributed by atoms with Gasteiger partial charge in [0.1, 0.15) is 17.7 Å². The molecule has 50 heavy (non-hydrogen) atoms. The number of pyridine rings is 1. The first-order valence-corrected chi connectivity index (χ1v) is 19.0. The summed E-state index contributed by atoms with van der Waals surface area (Å²) in [6, 6.07) is 10.9. The summed E-state index contributed by atoms with van der Waals surface area (Å²) in [5.41, 5.74) is 4.44. The number of nitrogens with zero attached hydrogens (tertiary/aromatic N) is 4. The maximum atomic E-state index is 14.5. The molecule has 3 aromatic rings. The second kappa shape index (κ2) is 16.0. The molecule has 0 radical (unpaired) electrons. The zero-order chi connectivity index (χ0) is 35.3. The number of anilines is 1. The van der Waals surface area contributed by atoms with Crippen molar-refractivity contribution in [2.45, 2.75) is 135 Å². The van der Waals surface area contributed by atoms with Crippen LogP contribution in [0.25, 0.3) is 11.1 Å². The molecule has 270 valence electrons. The van der Waals surface area contributed by atoms with Crippen molar-refractivity contribution in [2.24, 2.45) is 11.8 Å². The quantitative estimate of drug-likeness (QED) is 0.242. The maximum absolute atomic E-state index is 14.5. The van der Waals surface area contributed by atoms with Gasteiger partial charge < -0.3 is 14.8 Å². The molecule has 0 aliphatic heterocycles. The lowest BCUT2D eigenvalue weighted by molar-refractivity contribution is -0.124. The Hall–Kier alpha value is -3.88. The molecule has 0 unspecified atom stereocenters. The number of hydrogen-bond acceptors (Lipinski definition) is 6. The monoisotopic (exact) mass is 683 g/mol. The van der Waals surface area contributed by atoms with Gasteiger partial charge in [-0.05, 0) is 139 Å². The molecule has 2 amide bonds. The largest absolute Gasteiger partial charge is 0.496 e. The highest BCUT2D eigenvalue weighted by atomic mass is 16.6. The molecule has 9 nitrogen and oxygen atoms in total. The summed E-state index contributed by atoms with van der Waals surface area (Å²) in [6.07, 6.45) is 18.1. The fraction of sp³-hybridized carbons (Fsp3) is 0.610. The summed E-state index contributed by atoms with van der Waals surface area (Å²) in [5, 5.41) is 7.69. The van der Waals surface area contributed by atoms with Crippen molar-refractivity contribution >= 4 is 17.8 Å². The molecule has 0 bridgehead atoms. The van der Waals surface area contributed by atoms with Gasteiger partial charge in [-0.1, -0.05) is 31.4 Å². The molecule has 3 aliphatic carbocycles. The molecule has 2 heterocycles. The highest BCUT2D eigenvalue weighted by Gasteiger charge is 2.34. The van der Waals surface area contributed by atoms with Crippen molar-refractivity contribution in [3.05, 3.63) is 60.0 Å². The second-order valence-corrected chi connectivity index (χ2v) is 16.0. The van der Waals surface area contributed by atoms with Crippen LogP contribution in [0.4, 0.5) is 10.6 Å². The SMILES string of the molecule is COc1ccc(C2CCC(CN(C(=O)C3CCC(OC(=O)NC4CCCCC4)CC3)c3cc(-c4cnn(C(C)(C)C)c4)ccn3)CC2)cc1C. The number of aromatic nitrogens is 3. The molecule has 1 N–H and O–H groups in total. The average Bonchev–Trinajstić information content (AvgIpc) is 3.63. The van der Waals surface area contributed by atoms with Gasteiger partial charge in [-0.3, -0.25) is 14.4 Å². The fourth-order valence-corrected chi connectivity index (χ4v) is 8.22. The summed E-state index contributed by atoms with van der Waals surface area (Å²) >= 11 is 0. The molecule has 6 rings (SSSR count). The third-order valence-electron chi connectivity index (χ3n) is 11.3. The highest BCUT2D eigenvalue weighted by Crippen LogP contribution is 2.39. The van der Waals surface area contributed by atoms with Crippen LogP contribution in [0.1, 0.15) is 121 Å². The topological polar surface area (TPSA) is 98.6 Å². The first-order chi connectivity index (χ1) is 24.1. The smallest absolute Gasteiger partial charge is 0.407 e. The summed E-state index contributed by atoms with van der Waals surface area (Å²) in [5.74, 6) is 2.56. The van der Waals surface area contributed by atoms with Crippen LogP contribution in [-0.4, -0.2) is 52.6 Å². The standard InChI is InChI=1S/C41H57N5O4/c1-28-23-32(17-20-37(28)49-5)30-13-11-29(12-14-30)26-45(38-24-33(21-22-42-38)34-25-43-46(27-34)41(2,3)4)39(47)31-15-18-36(19-16-31)50-40(48)44-35-9-7-6-8-10-35/h17,20-25,27,29-31,35-36H,6-16,18-19,26H2,1-5H3,(H,44,48). The van der Waals surface area contributed by atoms with E-state index in [9.17, 15) is 9.59 Å². The Morgan fingerprint density at radius 2 is 1.66 bits per heavy atom. The number of carbonyl (C=O) groups excluding carboxylic acids is 2. The molecule has 0 spiro atoms. The first kappa shape index (κ1) is 35.9. The van der Waals surface area contributed by atoms with Crippen LogP contribution in [0, 0.1) is 18.8 Å². The zero-order valence-electron chi connectivity index (χ0n) is 30.8. The van der Waals surface area contributed by atoms with Gasteiger partial charge in [0.05, 0.1) is 18.8 Å². The number of amides is 2. The van der Waals surface area contributed by atoms with E-state index in [1.165, 1.54) is 17.5 Å². The summed E-state index contributed by atoms with van der Waals surface area (Å²) in [7, 11) is 1.72. The van der Waals surface area contributed by atoms with Crippen LogP contribution in [-0.2, 0) is 15.1 Å². The van der Waals surface area contributed by atoms with Crippen molar-refractivity contribution in [1.29, 1.82) is 0 Å². The van der Waals surface area contributed by atoms with Gasteiger partial charge in [0, 0.05) is 36.5 Å². The average molecular weight is 684 g/mol. The Labute approximate surface area is 298 Å². The fourth-order valence-electron chi connectivity index (χ4n) is 8.22. The van der Waals surface area contributed by atoms with E-state index in [4.69, 9.17) is 14.5 Å². The minimum atomic E-state index is -0.301. The number of rotatable bonds is 9. The van der Waals surface area contributed by atoms with Gasteiger partial charge >= 0.3 is 6.09 Å². The number of aryl methyl sites for hydroxylation is 1. The molecule has 3 saturated carbocycles. The minimum Gasteiger partial charge on any atom is -0.496 e. The number of hydrogen-bond donors (Lipinski definition) is 1. The van der Waals surface area contributed by atoms with Crippen molar-refractivity contribution < 1.29 is 19.1 Å². The number of benzene rings is 1. The Bertz CT molecular complexity index is 1590. The Morgan fingerprint density at radius 1 is 0.920 bits per heavy atom. The highest BCUT2D eigenvalue weighted by molar-refractivity contribution is 5.94. The lowest BCUT2D eigenvalue weighted by Crippen LogP contribution is -2.43. The van der Waals surface area contributed by atoms with Crippen molar-refractivity contribution in [3.8, 4) is 16.9 Å². The van der Waals surface area contributed by atoms with E-state index in [1.807, 2.05) is 28.0 Å². The molecule has 2 aromatic heterocycles. The van der Waals surface area contributed by atoms with Crippen LogP contribution in [0.3, 0.4) is 0 Å². The van der Waals surface area contributed by atoms with Crippen molar-refractivity contribution in [2.75, 3.05) is 18.6 Å². The summed E-state index contributed by atoms with van der Waals surface area (Å²) < 4.78 is 13.3. The molecular weight excluding hydrogens is 626 g/mol. The molecule has 0 atom stereocenters. The number of carbonyl (C=O) groups is 2. The number of alkyl carbamates (subject to hydrolysis) is 1. The van der Waals surface area contributed by atoms with E-state index in [0.717, 1.165) is 68.2 Å². The van der Waals surface area contributed by atoms with Crippen LogP contribution in [0.5, 0.6) is 5.75 Å². The molecule has 0 saturated heterocycles. The van der Waals surface area contributed by atoms with Gasteiger partial charge in [0.25, 0.3) is 0 Å². The normalized spacial score (nSPS) is 23.2. The summed E-state index contributed by atoms with van der Waals surface area (Å²) in [6.45, 7) is 9.17. The van der Waals surface area contributed by atoms with Crippen molar-refractivity contribution in [1.82, 2.24) is 20.1 Å². The Balaban J connectivity index is 1.14. The lowest BCUT2D eigenvalue weighted by Gasteiger charge is -2.36. The van der Waals surface area contributed by atoms with Gasteiger partial charge in [0.15, 0.2) is 0 Å². The molecule has 1 aromatic carbocycles. The van der Waals surface area contributed by atoms with Gasteiger partial charge in [-0.2, -0.15) is 5.10 Å². The van der Waals surface area contributed by atoms with Crippen LogP contribution in [0.15, 0.2) is 48.9 Å². The predicted octanol–water partition coefficient (Wildman–Crippen LogP) is 8.94. The molecular formula is C41H57N5O4. The molecule has 3 fully saturated rings. The number of ether oxygens (including phenoxy) is 2. The van der Waals surface area contributed by atoms with Gasteiger partial charge in [-0.25, -0.2) is 9.78 Å². The van der Waals surface area contributed by atoms with Crippen molar-refractivity contribution in [3.63, 3.8) is 0 Å². The minimum absolute atomic E-state index is 0.121. The predicted molar refractivity (Wildman–Crippen MR) is 197 cm³/mol. The van der Waals surface area contributed by atoms with E-state index < -0.39 is 0 Å². The molecule has 3 aliphatic rings. The molecule has 9 heteroatoms. The number of methoxy groups -OCH3 is 1. The van der Waals surface area contributed by atoms with Crippen LogP contribution < -0.4 is 15.0 Å².